The average molecular weight is 310 g/mol. The molecule has 1 aromatic carbocycles. The Bertz CT molecular complexity index is 663. The van der Waals surface area contributed by atoms with Gasteiger partial charge in [-0.25, -0.2) is 9.78 Å². The van der Waals surface area contributed by atoms with Gasteiger partial charge in [-0.15, -0.1) is 0 Å². The van der Waals surface area contributed by atoms with Gasteiger partial charge in [-0.3, -0.25) is 0 Å². The minimum absolute atomic E-state index is 0.201. The highest BCUT2D eigenvalue weighted by Gasteiger charge is 2.13. The molecule has 1 fully saturated rings. The number of hydrogen-bond donors (Lipinski definition) is 2. The molecule has 2 aromatic rings. The zero-order valence-corrected chi connectivity index (χ0v) is 13.4. The smallest absolute Gasteiger partial charge is 0.319 e. The van der Waals surface area contributed by atoms with Crippen LogP contribution in [0.4, 0.5) is 16.3 Å². The van der Waals surface area contributed by atoms with Gasteiger partial charge in [0.05, 0.1) is 0 Å². The van der Waals surface area contributed by atoms with Gasteiger partial charge in [0, 0.05) is 31.5 Å². The number of carbonyl (C=O) groups is 1. The molecule has 2 amide bonds. The molecule has 0 aliphatic carbocycles. The fourth-order valence-corrected chi connectivity index (χ4v) is 2.68. The van der Waals surface area contributed by atoms with Crippen LogP contribution in [0.15, 0.2) is 42.6 Å². The highest BCUT2D eigenvalue weighted by Crippen LogP contribution is 2.18. The lowest BCUT2D eigenvalue weighted by Gasteiger charge is -2.17. The number of anilines is 2. The molecular formula is C18H22N4O. The molecule has 1 aliphatic rings. The second-order valence-electron chi connectivity index (χ2n) is 5.89. The van der Waals surface area contributed by atoms with Gasteiger partial charge >= 0.3 is 6.03 Å². The standard InChI is InChI=1S/C18H22N4O/c1-14-4-6-16(7-5-14)21-18(23)20-13-15-8-9-19-17(12-15)22-10-2-3-11-22/h4-9,12H,2-3,10-11,13H2,1H3,(H2,20,21,23). The van der Waals surface area contributed by atoms with E-state index in [2.05, 4.69) is 26.6 Å². The third kappa shape index (κ3) is 4.22. The van der Waals surface area contributed by atoms with Crippen molar-refractivity contribution in [1.82, 2.24) is 10.3 Å². The van der Waals surface area contributed by atoms with Crippen molar-refractivity contribution in [2.45, 2.75) is 26.3 Å². The lowest BCUT2D eigenvalue weighted by atomic mass is 10.2. The number of pyridine rings is 1. The summed E-state index contributed by atoms with van der Waals surface area (Å²) in [5, 5.41) is 5.72. The number of carbonyl (C=O) groups excluding carboxylic acids is 1. The van der Waals surface area contributed by atoms with E-state index in [0.717, 1.165) is 30.2 Å². The van der Waals surface area contributed by atoms with Crippen molar-refractivity contribution in [3.05, 3.63) is 53.7 Å². The van der Waals surface area contributed by atoms with Gasteiger partial charge in [-0.1, -0.05) is 17.7 Å². The monoisotopic (exact) mass is 310 g/mol. The van der Waals surface area contributed by atoms with E-state index in [-0.39, 0.29) is 6.03 Å². The first-order valence-corrected chi connectivity index (χ1v) is 8.02. The third-order valence-electron chi connectivity index (χ3n) is 4.00. The number of aromatic nitrogens is 1. The van der Waals surface area contributed by atoms with E-state index in [4.69, 9.17) is 0 Å². The predicted molar refractivity (Wildman–Crippen MR) is 92.7 cm³/mol. The van der Waals surface area contributed by atoms with Gasteiger partial charge in [-0.2, -0.15) is 0 Å². The maximum Gasteiger partial charge on any atom is 0.319 e. The molecular weight excluding hydrogens is 288 g/mol. The molecule has 0 spiro atoms. The summed E-state index contributed by atoms with van der Waals surface area (Å²) in [6, 6.07) is 11.5. The van der Waals surface area contributed by atoms with Gasteiger partial charge in [0.15, 0.2) is 0 Å². The van der Waals surface area contributed by atoms with Crippen LogP contribution in [-0.4, -0.2) is 24.1 Å². The molecule has 2 N–H and O–H groups in total. The second kappa shape index (κ2) is 7.13. The van der Waals surface area contributed by atoms with Crippen LogP contribution in [0, 0.1) is 6.92 Å². The molecule has 0 radical (unpaired) electrons. The Balaban J connectivity index is 1.54. The summed E-state index contributed by atoms with van der Waals surface area (Å²) in [5.74, 6) is 1.00. The first-order chi connectivity index (χ1) is 11.2. The molecule has 5 heteroatoms. The van der Waals surface area contributed by atoms with E-state index in [1.807, 2.05) is 43.5 Å². The Labute approximate surface area is 136 Å². The lowest BCUT2D eigenvalue weighted by molar-refractivity contribution is 0.251. The number of amides is 2. The molecule has 1 aromatic heterocycles. The topological polar surface area (TPSA) is 57.3 Å². The summed E-state index contributed by atoms with van der Waals surface area (Å²) in [4.78, 5) is 18.7. The van der Waals surface area contributed by atoms with Crippen molar-refractivity contribution in [2.75, 3.05) is 23.3 Å². The average Bonchev–Trinajstić information content (AvgIpc) is 3.10. The Morgan fingerprint density at radius 1 is 1.17 bits per heavy atom. The van der Waals surface area contributed by atoms with Crippen LogP contribution in [0.25, 0.3) is 0 Å². The zero-order valence-electron chi connectivity index (χ0n) is 13.4. The van der Waals surface area contributed by atoms with E-state index < -0.39 is 0 Å². The Kier molecular flexibility index (Phi) is 4.76. The molecule has 1 saturated heterocycles. The molecule has 5 nitrogen and oxygen atoms in total. The van der Waals surface area contributed by atoms with Crippen LogP contribution < -0.4 is 15.5 Å². The van der Waals surface area contributed by atoms with E-state index in [0.29, 0.717) is 6.54 Å². The molecule has 2 heterocycles. The molecule has 1 aliphatic heterocycles. The maximum atomic E-state index is 12.0. The third-order valence-corrected chi connectivity index (χ3v) is 4.00. The molecule has 0 saturated carbocycles. The summed E-state index contributed by atoms with van der Waals surface area (Å²) >= 11 is 0. The first-order valence-electron chi connectivity index (χ1n) is 8.02. The number of rotatable bonds is 4. The zero-order chi connectivity index (χ0) is 16.1. The van der Waals surface area contributed by atoms with Crippen LogP contribution in [0.5, 0.6) is 0 Å². The van der Waals surface area contributed by atoms with Gasteiger partial charge < -0.3 is 15.5 Å². The summed E-state index contributed by atoms with van der Waals surface area (Å²) in [7, 11) is 0. The van der Waals surface area contributed by atoms with Crippen molar-refractivity contribution in [1.29, 1.82) is 0 Å². The van der Waals surface area contributed by atoms with Crippen molar-refractivity contribution in [3.63, 3.8) is 0 Å². The number of nitrogens with zero attached hydrogens (tertiary/aromatic N) is 2. The minimum atomic E-state index is -0.201. The maximum absolute atomic E-state index is 12.0. The van der Waals surface area contributed by atoms with Gasteiger partial charge in [-0.05, 0) is 49.6 Å². The SMILES string of the molecule is Cc1ccc(NC(=O)NCc2ccnc(N3CCCC3)c2)cc1. The van der Waals surface area contributed by atoms with Crippen LogP contribution in [0.3, 0.4) is 0 Å². The van der Waals surface area contributed by atoms with Crippen LogP contribution >= 0.6 is 0 Å². The van der Waals surface area contributed by atoms with E-state index >= 15 is 0 Å². The molecule has 0 atom stereocenters. The molecule has 3 rings (SSSR count). The quantitative estimate of drug-likeness (QED) is 0.911. The Hall–Kier alpha value is -2.56. The van der Waals surface area contributed by atoms with Crippen molar-refractivity contribution in [3.8, 4) is 0 Å². The summed E-state index contributed by atoms with van der Waals surface area (Å²) in [5.41, 5.74) is 3.02. The largest absolute Gasteiger partial charge is 0.357 e. The fraction of sp³-hybridized carbons (Fsp3) is 0.333. The fourth-order valence-electron chi connectivity index (χ4n) is 2.68. The van der Waals surface area contributed by atoms with E-state index in [9.17, 15) is 4.79 Å². The molecule has 23 heavy (non-hydrogen) atoms. The molecule has 120 valence electrons. The number of benzene rings is 1. The Morgan fingerprint density at radius 2 is 1.91 bits per heavy atom. The highest BCUT2D eigenvalue weighted by molar-refractivity contribution is 5.89. The predicted octanol–water partition coefficient (Wildman–Crippen LogP) is 3.31. The summed E-state index contributed by atoms with van der Waals surface area (Å²) < 4.78 is 0. The molecule has 0 unspecified atom stereocenters. The van der Waals surface area contributed by atoms with Gasteiger partial charge in [0.1, 0.15) is 5.82 Å². The van der Waals surface area contributed by atoms with Gasteiger partial charge in [0.25, 0.3) is 0 Å². The lowest BCUT2D eigenvalue weighted by Crippen LogP contribution is -2.28. The molecule has 0 bridgehead atoms. The summed E-state index contributed by atoms with van der Waals surface area (Å²) in [6.45, 7) is 4.64. The van der Waals surface area contributed by atoms with Crippen molar-refractivity contribution >= 4 is 17.5 Å². The van der Waals surface area contributed by atoms with E-state index in [1.165, 1.54) is 18.4 Å². The van der Waals surface area contributed by atoms with Crippen LogP contribution in [0.1, 0.15) is 24.0 Å². The number of aryl methyl sites for hydroxylation is 1. The number of nitrogens with one attached hydrogen (secondary N) is 2. The van der Waals surface area contributed by atoms with Crippen molar-refractivity contribution < 1.29 is 4.79 Å². The van der Waals surface area contributed by atoms with Crippen LogP contribution in [0.2, 0.25) is 0 Å². The Morgan fingerprint density at radius 3 is 2.65 bits per heavy atom. The van der Waals surface area contributed by atoms with Crippen LogP contribution in [-0.2, 0) is 6.54 Å². The van der Waals surface area contributed by atoms with Gasteiger partial charge in [0.2, 0.25) is 0 Å². The highest BCUT2D eigenvalue weighted by atomic mass is 16.2. The minimum Gasteiger partial charge on any atom is -0.357 e. The van der Waals surface area contributed by atoms with Crippen molar-refractivity contribution in [2.24, 2.45) is 0 Å². The summed E-state index contributed by atoms with van der Waals surface area (Å²) in [6.07, 6.45) is 4.26. The second-order valence-corrected chi connectivity index (χ2v) is 5.89. The number of urea groups is 1. The first kappa shape index (κ1) is 15.3. The normalized spacial score (nSPS) is 13.9. The van der Waals surface area contributed by atoms with E-state index in [1.54, 1.807) is 0 Å². The number of hydrogen-bond acceptors (Lipinski definition) is 3.